The van der Waals surface area contributed by atoms with E-state index >= 15 is 0 Å². The van der Waals surface area contributed by atoms with Crippen molar-refractivity contribution >= 4 is 33.7 Å². The molecule has 5 heteroatoms. The number of halogens is 1. The Bertz CT molecular complexity index is 444. The summed E-state index contributed by atoms with van der Waals surface area (Å²) < 4.78 is 5.42. The molecule has 0 aliphatic heterocycles. The third-order valence-corrected chi connectivity index (χ3v) is 3.05. The highest BCUT2D eigenvalue weighted by atomic mass is 79.9. The first kappa shape index (κ1) is 13.9. The molecule has 4 nitrogen and oxygen atoms in total. The fourth-order valence-electron chi connectivity index (χ4n) is 1.44. The van der Waals surface area contributed by atoms with Crippen LogP contribution in [0.4, 0.5) is 5.69 Å². The molecule has 0 saturated carbocycles. The van der Waals surface area contributed by atoms with Gasteiger partial charge in [-0.15, -0.1) is 0 Å². The number of carbonyl (C=O) groups excluding carboxylic acids is 1. The second-order valence-corrected chi connectivity index (χ2v) is 4.07. The third-order valence-electron chi connectivity index (χ3n) is 2.20. The zero-order chi connectivity index (χ0) is 12.8. The lowest BCUT2D eigenvalue weighted by Crippen LogP contribution is -2.76. The number of hydrogen-bond acceptors (Lipinski definition) is 3. The lowest BCUT2D eigenvalue weighted by atomic mass is 10.1. The first-order chi connectivity index (χ1) is 8.15. The van der Waals surface area contributed by atoms with Crippen LogP contribution in [0.1, 0.15) is 22.8 Å². The van der Waals surface area contributed by atoms with E-state index in [1.807, 2.05) is 25.1 Å². The van der Waals surface area contributed by atoms with E-state index in [9.17, 15) is 4.79 Å². The van der Waals surface area contributed by atoms with Crippen LogP contribution in [0.25, 0.3) is 6.08 Å². The average molecular weight is 301 g/mol. The summed E-state index contributed by atoms with van der Waals surface area (Å²) in [5, 5.41) is 0. The summed E-state index contributed by atoms with van der Waals surface area (Å²) in [6.07, 6.45) is 3.80. The van der Waals surface area contributed by atoms with Gasteiger partial charge in [0.25, 0.3) is 0 Å². The molecule has 0 bridgehead atoms. The van der Waals surface area contributed by atoms with Crippen LogP contribution in [0.2, 0.25) is 0 Å². The maximum Gasteiger partial charge on any atom is 0.339 e. The number of quaternary nitrogens is 1. The Balaban J connectivity index is 3.32. The van der Waals surface area contributed by atoms with Gasteiger partial charge in [-0.05, 0) is 28.9 Å². The summed E-state index contributed by atoms with van der Waals surface area (Å²) in [6, 6.07) is 3.52. The van der Waals surface area contributed by atoms with Gasteiger partial charge in [0, 0.05) is 10.5 Å². The third kappa shape index (κ3) is 3.15. The Labute approximate surface area is 109 Å². The van der Waals surface area contributed by atoms with Gasteiger partial charge in [0.1, 0.15) is 0 Å². The monoisotopic (exact) mass is 300 g/mol. The van der Waals surface area contributed by atoms with E-state index in [1.165, 1.54) is 7.11 Å². The molecule has 17 heavy (non-hydrogen) atoms. The van der Waals surface area contributed by atoms with Crippen molar-refractivity contribution < 1.29 is 19.8 Å². The second-order valence-electron chi connectivity index (χ2n) is 3.28. The summed E-state index contributed by atoms with van der Waals surface area (Å²) in [4.78, 5) is 16.5. The molecule has 2 N–H and O–H groups in total. The van der Waals surface area contributed by atoms with Gasteiger partial charge in [0.05, 0.1) is 25.3 Å². The van der Waals surface area contributed by atoms with Crippen LogP contribution in [0.3, 0.4) is 0 Å². The van der Waals surface area contributed by atoms with E-state index in [0.717, 1.165) is 11.3 Å². The highest BCUT2D eigenvalue weighted by Gasteiger charge is 2.17. The minimum atomic E-state index is -0.369. The molecule has 0 fully saturated rings. The molecule has 0 radical (unpaired) electrons. The quantitative estimate of drug-likeness (QED) is 0.526. The predicted molar refractivity (Wildman–Crippen MR) is 68.8 cm³/mol. The van der Waals surface area contributed by atoms with Crippen LogP contribution >= 0.6 is 15.9 Å². The summed E-state index contributed by atoms with van der Waals surface area (Å²) >= 11 is 3.42. The molecule has 1 rings (SSSR count). The molecule has 1 aromatic carbocycles. The average Bonchev–Trinajstić information content (AvgIpc) is 2.33. The van der Waals surface area contributed by atoms with Crippen LogP contribution in [0.5, 0.6) is 0 Å². The van der Waals surface area contributed by atoms with E-state index in [0.29, 0.717) is 10.0 Å². The molecule has 0 atom stereocenters. The highest BCUT2D eigenvalue weighted by Crippen LogP contribution is 2.28. The van der Waals surface area contributed by atoms with Crippen molar-refractivity contribution in [2.24, 2.45) is 0 Å². The Morgan fingerprint density at radius 1 is 1.41 bits per heavy atom. The number of allylic oxidation sites excluding steroid dienone is 1. The van der Waals surface area contributed by atoms with Crippen molar-refractivity contribution in [2.45, 2.75) is 6.92 Å². The minimum absolute atomic E-state index is 0.369. The van der Waals surface area contributed by atoms with Crippen LogP contribution in [0.15, 0.2) is 22.7 Å². The topological polar surface area (TPSA) is 52.1 Å². The molecule has 0 unspecified atom stereocenters. The van der Waals surface area contributed by atoms with Gasteiger partial charge in [-0.2, -0.15) is 5.48 Å². The first-order valence-corrected chi connectivity index (χ1v) is 5.84. The van der Waals surface area contributed by atoms with Gasteiger partial charge in [0.2, 0.25) is 0 Å². The van der Waals surface area contributed by atoms with Gasteiger partial charge in [-0.25, -0.2) is 9.63 Å². The van der Waals surface area contributed by atoms with Crippen molar-refractivity contribution in [2.75, 3.05) is 14.2 Å². The van der Waals surface area contributed by atoms with Gasteiger partial charge >= 0.3 is 5.97 Å². The van der Waals surface area contributed by atoms with Crippen molar-refractivity contribution in [3.8, 4) is 0 Å². The van der Waals surface area contributed by atoms with Gasteiger partial charge in [-0.3, -0.25) is 0 Å². The van der Waals surface area contributed by atoms with Crippen LogP contribution in [-0.4, -0.2) is 20.2 Å². The Hall–Kier alpha value is -1.17. The number of hydrogen-bond donors (Lipinski definition) is 1. The molecule has 92 valence electrons. The van der Waals surface area contributed by atoms with Gasteiger partial charge in [-0.1, -0.05) is 12.2 Å². The maximum absolute atomic E-state index is 11.5. The number of rotatable bonds is 4. The lowest BCUT2D eigenvalue weighted by molar-refractivity contribution is -0.830. The van der Waals surface area contributed by atoms with E-state index in [4.69, 9.17) is 9.57 Å². The molecule has 0 saturated heterocycles. The van der Waals surface area contributed by atoms with E-state index in [2.05, 4.69) is 15.9 Å². The normalized spacial score (nSPS) is 10.8. The molecular weight excluding hydrogens is 286 g/mol. The van der Waals surface area contributed by atoms with Crippen molar-refractivity contribution in [1.82, 2.24) is 0 Å². The highest BCUT2D eigenvalue weighted by molar-refractivity contribution is 9.10. The summed E-state index contributed by atoms with van der Waals surface area (Å²) in [6.45, 7) is 1.91. The summed E-state index contributed by atoms with van der Waals surface area (Å²) in [5.74, 6) is -0.369. The van der Waals surface area contributed by atoms with E-state index in [1.54, 1.807) is 18.7 Å². The number of carbonyl (C=O) groups is 1. The number of benzene rings is 1. The van der Waals surface area contributed by atoms with E-state index < -0.39 is 0 Å². The largest absolute Gasteiger partial charge is 0.465 e. The first-order valence-electron chi connectivity index (χ1n) is 5.05. The standard InChI is InChI=1S/C12H14BrNO3/c1-4-5-8-10(14-17-3)7-6-9(11(8)13)12(15)16-2/h4-7,14H,1-3H3/p+1/b5-4-. The van der Waals surface area contributed by atoms with Crippen LogP contribution in [-0.2, 0) is 9.57 Å². The second kappa shape index (κ2) is 6.54. The SMILES string of the molecule is C/C=C\c1c([NH2+]OC)ccc(C(=O)OC)c1Br. The molecule has 0 aliphatic carbocycles. The minimum Gasteiger partial charge on any atom is -0.465 e. The summed E-state index contributed by atoms with van der Waals surface area (Å²) in [7, 11) is 2.95. The molecule has 1 aromatic rings. The fraction of sp³-hybridized carbons (Fsp3) is 0.250. The van der Waals surface area contributed by atoms with Crippen molar-refractivity contribution in [3.05, 3.63) is 33.8 Å². The summed E-state index contributed by atoms with van der Waals surface area (Å²) in [5.41, 5.74) is 3.90. The van der Waals surface area contributed by atoms with Crippen molar-refractivity contribution in [3.63, 3.8) is 0 Å². The number of nitrogens with two attached hydrogens (primary N) is 1. The molecule has 0 aliphatic rings. The van der Waals surface area contributed by atoms with Crippen molar-refractivity contribution in [1.29, 1.82) is 0 Å². The predicted octanol–water partition coefficient (Wildman–Crippen LogP) is 2.03. The van der Waals surface area contributed by atoms with Crippen LogP contribution in [0, 0.1) is 0 Å². The Kier molecular flexibility index (Phi) is 5.34. The number of methoxy groups -OCH3 is 1. The van der Waals surface area contributed by atoms with Gasteiger partial charge in [0.15, 0.2) is 5.69 Å². The van der Waals surface area contributed by atoms with Crippen LogP contribution < -0.4 is 5.48 Å². The maximum atomic E-state index is 11.5. The number of esters is 1. The Morgan fingerprint density at radius 2 is 2.12 bits per heavy atom. The molecule has 0 amide bonds. The van der Waals surface area contributed by atoms with E-state index in [-0.39, 0.29) is 5.97 Å². The zero-order valence-corrected chi connectivity index (χ0v) is 11.6. The molecule has 0 aromatic heterocycles. The number of ether oxygens (including phenoxy) is 1. The Morgan fingerprint density at radius 3 is 2.65 bits per heavy atom. The zero-order valence-electron chi connectivity index (χ0n) is 9.99. The molecule has 0 spiro atoms. The smallest absolute Gasteiger partial charge is 0.339 e. The lowest BCUT2D eigenvalue weighted by Gasteiger charge is -2.08. The molecule has 0 heterocycles. The fourth-order valence-corrected chi connectivity index (χ4v) is 2.10. The molecular formula is C12H15BrNO3+. The van der Waals surface area contributed by atoms with Gasteiger partial charge < -0.3 is 4.74 Å².